The van der Waals surface area contributed by atoms with Crippen LogP contribution in [0.5, 0.6) is 5.75 Å². The molecule has 2 aromatic carbocycles. The molecular weight excluding hydrogens is 256 g/mol. The van der Waals surface area contributed by atoms with Crippen molar-refractivity contribution in [3.8, 4) is 5.75 Å². The Labute approximate surface area is 128 Å². The molecule has 2 rings (SSSR count). The van der Waals surface area contributed by atoms with E-state index in [0.717, 1.165) is 18.6 Å². The zero-order valence-electron chi connectivity index (χ0n) is 13.0. The highest BCUT2D eigenvalue weighted by molar-refractivity contribution is 5.49. The lowest BCUT2D eigenvalue weighted by Gasteiger charge is -2.07. The van der Waals surface area contributed by atoms with Crippen molar-refractivity contribution in [2.24, 2.45) is 0 Å². The van der Waals surface area contributed by atoms with Crippen LogP contribution >= 0.6 is 0 Å². The molecule has 1 nitrogen and oxygen atoms in total. The van der Waals surface area contributed by atoms with Gasteiger partial charge in [0.05, 0.1) is 0 Å². The van der Waals surface area contributed by atoms with E-state index in [9.17, 15) is 0 Å². The van der Waals surface area contributed by atoms with Crippen LogP contribution in [-0.2, 0) is 13.0 Å². The molecule has 2 aromatic rings. The number of rotatable bonds is 7. The maximum atomic E-state index is 5.81. The molecule has 0 aliphatic carbocycles. The van der Waals surface area contributed by atoms with Gasteiger partial charge in [0.2, 0.25) is 0 Å². The second-order valence-electron chi connectivity index (χ2n) is 5.22. The van der Waals surface area contributed by atoms with Gasteiger partial charge in [0.1, 0.15) is 12.4 Å². The summed E-state index contributed by atoms with van der Waals surface area (Å²) >= 11 is 0. The fourth-order valence-electron chi connectivity index (χ4n) is 2.10. The molecule has 0 atom stereocenters. The molecule has 110 valence electrons. The van der Waals surface area contributed by atoms with E-state index in [0.29, 0.717) is 6.61 Å². The summed E-state index contributed by atoms with van der Waals surface area (Å²) in [6.07, 6.45) is 7.80. The van der Waals surface area contributed by atoms with Gasteiger partial charge in [-0.2, -0.15) is 0 Å². The molecule has 0 aromatic heterocycles. The SMILES string of the molecule is CCCC=Cc1ccc(COc2ccc(CC)cc2)cc1. The standard InChI is InChI=1S/C20H24O/c1-3-5-6-7-18-8-10-19(11-9-18)16-21-20-14-12-17(4-2)13-15-20/h6-15H,3-5,16H2,1-2H3. The first-order valence-corrected chi connectivity index (χ1v) is 7.79. The van der Waals surface area contributed by atoms with Crippen LogP contribution in [0.25, 0.3) is 6.08 Å². The predicted octanol–water partition coefficient (Wildman–Crippen LogP) is 5.64. The molecule has 0 radical (unpaired) electrons. The van der Waals surface area contributed by atoms with E-state index in [1.54, 1.807) is 0 Å². The molecule has 0 saturated carbocycles. The second-order valence-corrected chi connectivity index (χ2v) is 5.22. The van der Waals surface area contributed by atoms with Crippen LogP contribution in [0.15, 0.2) is 54.6 Å². The average Bonchev–Trinajstić information content (AvgIpc) is 2.55. The largest absolute Gasteiger partial charge is 0.489 e. The Morgan fingerprint density at radius 2 is 1.52 bits per heavy atom. The van der Waals surface area contributed by atoms with E-state index < -0.39 is 0 Å². The Morgan fingerprint density at radius 1 is 0.857 bits per heavy atom. The van der Waals surface area contributed by atoms with Gasteiger partial charge in [-0.1, -0.05) is 68.8 Å². The highest BCUT2D eigenvalue weighted by Gasteiger charge is 1.97. The molecular formula is C20H24O. The Bertz CT molecular complexity index is 549. The van der Waals surface area contributed by atoms with Crippen LogP contribution < -0.4 is 4.74 Å². The number of benzene rings is 2. The van der Waals surface area contributed by atoms with Crippen molar-refractivity contribution in [1.29, 1.82) is 0 Å². The van der Waals surface area contributed by atoms with Crippen LogP contribution in [0.1, 0.15) is 43.4 Å². The lowest BCUT2D eigenvalue weighted by molar-refractivity contribution is 0.306. The fraction of sp³-hybridized carbons (Fsp3) is 0.300. The Hall–Kier alpha value is -2.02. The summed E-state index contributed by atoms with van der Waals surface area (Å²) < 4.78 is 5.81. The van der Waals surface area contributed by atoms with E-state index in [4.69, 9.17) is 4.74 Å². The second kappa shape index (κ2) is 8.31. The maximum Gasteiger partial charge on any atom is 0.119 e. The van der Waals surface area contributed by atoms with Crippen LogP contribution in [0.3, 0.4) is 0 Å². The van der Waals surface area contributed by atoms with Crippen molar-refractivity contribution in [2.75, 3.05) is 0 Å². The normalized spacial score (nSPS) is 11.0. The summed E-state index contributed by atoms with van der Waals surface area (Å²) in [4.78, 5) is 0. The van der Waals surface area contributed by atoms with E-state index >= 15 is 0 Å². The first-order chi connectivity index (χ1) is 10.3. The molecule has 0 heterocycles. The van der Waals surface area contributed by atoms with Gasteiger partial charge in [0.25, 0.3) is 0 Å². The van der Waals surface area contributed by atoms with Gasteiger partial charge >= 0.3 is 0 Å². The lowest BCUT2D eigenvalue weighted by Crippen LogP contribution is -1.95. The molecule has 0 bridgehead atoms. The molecule has 0 spiro atoms. The Morgan fingerprint density at radius 3 is 2.14 bits per heavy atom. The number of unbranched alkanes of at least 4 members (excludes halogenated alkanes) is 1. The third-order valence-electron chi connectivity index (χ3n) is 3.48. The zero-order valence-corrected chi connectivity index (χ0v) is 13.0. The van der Waals surface area contributed by atoms with Crippen LogP contribution in [0.4, 0.5) is 0 Å². The minimum Gasteiger partial charge on any atom is -0.489 e. The smallest absolute Gasteiger partial charge is 0.119 e. The van der Waals surface area contributed by atoms with Crippen molar-refractivity contribution < 1.29 is 4.74 Å². The first kappa shape index (κ1) is 15.4. The minimum absolute atomic E-state index is 0.616. The van der Waals surface area contributed by atoms with Crippen molar-refractivity contribution in [3.05, 3.63) is 71.3 Å². The van der Waals surface area contributed by atoms with Crippen molar-refractivity contribution in [2.45, 2.75) is 39.7 Å². The molecule has 0 N–H and O–H groups in total. The topological polar surface area (TPSA) is 9.23 Å². The Kier molecular flexibility index (Phi) is 6.08. The molecule has 0 unspecified atom stereocenters. The molecule has 21 heavy (non-hydrogen) atoms. The van der Waals surface area contributed by atoms with E-state index in [1.165, 1.54) is 23.1 Å². The lowest BCUT2D eigenvalue weighted by atomic mass is 10.1. The Balaban J connectivity index is 1.87. The van der Waals surface area contributed by atoms with Crippen LogP contribution in [-0.4, -0.2) is 0 Å². The maximum absolute atomic E-state index is 5.81. The fourth-order valence-corrected chi connectivity index (χ4v) is 2.10. The number of ether oxygens (including phenoxy) is 1. The van der Waals surface area contributed by atoms with Gasteiger partial charge in [-0.05, 0) is 41.7 Å². The van der Waals surface area contributed by atoms with E-state index in [-0.39, 0.29) is 0 Å². The summed E-state index contributed by atoms with van der Waals surface area (Å²) in [7, 11) is 0. The van der Waals surface area contributed by atoms with Crippen molar-refractivity contribution >= 4 is 6.08 Å². The number of hydrogen-bond acceptors (Lipinski definition) is 1. The third kappa shape index (κ3) is 5.11. The van der Waals surface area contributed by atoms with Crippen LogP contribution in [0, 0.1) is 0 Å². The van der Waals surface area contributed by atoms with E-state index in [2.05, 4.69) is 62.4 Å². The van der Waals surface area contributed by atoms with Crippen molar-refractivity contribution in [1.82, 2.24) is 0 Å². The van der Waals surface area contributed by atoms with Gasteiger partial charge in [-0.25, -0.2) is 0 Å². The van der Waals surface area contributed by atoms with Gasteiger partial charge in [0, 0.05) is 0 Å². The summed E-state index contributed by atoms with van der Waals surface area (Å²) in [6, 6.07) is 16.9. The van der Waals surface area contributed by atoms with Gasteiger partial charge in [-0.15, -0.1) is 0 Å². The molecule has 0 aliphatic heterocycles. The number of hydrogen-bond donors (Lipinski definition) is 0. The zero-order chi connectivity index (χ0) is 14.9. The van der Waals surface area contributed by atoms with Crippen LogP contribution in [0.2, 0.25) is 0 Å². The van der Waals surface area contributed by atoms with Gasteiger partial charge in [-0.3, -0.25) is 0 Å². The van der Waals surface area contributed by atoms with Gasteiger partial charge < -0.3 is 4.74 Å². The molecule has 0 amide bonds. The molecule has 0 aliphatic rings. The summed E-state index contributed by atoms with van der Waals surface area (Å²) in [5.41, 5.74) is 3.78. The van der Waals surface area contributed by atoms with Gasteiger partial charge in [0.15, 0.2) is 0 Å². The molecule has 0 fully saturated rings. The summed E-state index contributed by atoms with van der Waals surface area (Å²) in [6.45, 7) is 4.97. The number of aryl methyl sites for hydroxylation is 1. The predicted molar refractivity (Wildman–Crippen MR) is 90.5 cm³/mol. The highest BCUT2D eigenvalue weighted by atomic mass is 16.5. The first-order valence-electron chi connectivity index (χ1n) is 7.79. The monoisotopic (exact) mass is 280 g/mol. The van der Waals surface area contributed by atoms with Crippen molar-refractivity contribution in [3.63, 3.8) is 0 Å². The third-order valence-corrected chi connectivity index (χ3v) is 3.48. The molecule has 1 heteroatoms. The quantitative estimate of drug-likeness (QED) is 0.637. The molecule has 0 saturated heterocycles. The summed E-state index contributed by atoms with van der Waals surface area (Å²) in [5.74, 6) is 0.930. The summed E-state index contributed by atoms with van der Waals surface area (Å²) in [5, 5.41) is 0. The van der Waals surface area contributed by atoms with E-state index in [1.807, 2.05) is 12.1 Å². The average molecular weight is 280 g/mol. The highest BCUT2D eigenvalue weighted by Crippen LogP contribution is 2.15. The number of allylic oxidation sites excluding steroid dienone is 1. The minimum atomic E-state index is 0.616.